The van der Waals surface area contributed by atoms with Gasteiger partial charge in [-0.3, -0.25) is 0 Å². The molecule has 2 rings (SSSR count). The number of rotatable bonds is 1. The van der Waals surface area contributed by atoms with Gasteiger partial charge < -0.3 is 5.73 Å². The molecule has 3 nitrogen and oxygen atoms in total. The van der Waals surface area contributed by atoms with Gasteiger partial charge in [-0.15, -0.1) is 0 Å². The van der Waals surface area contributed by atoms with E-state index in [4.69, 9.17) is 5.73 Å². The number of nitrogens with zero attached hydrogens (tertiary/aromatic N) is 2. The Morgan fingerprint density at radius 3 is 2.82 bits per heavy atom. The molecule has 3 heteroatoms. The second kappa shape index (κ2) is 2.19. The summed E-state index contributed by atoms with van der Waals surface area (Å²) in [5.74, 6) is 1.21. The van der Waals surface area contributed by atoms with Crippen LogP contribution in [0.1, 0.15) is 30.0 Å². The zero-order chi connectivity index (χ0) is 7.84. The van der Waals surface area contributed by atoms with Crippen LogP contribution in [0.3, 0.4) is 0 Å². The second-order valence-corrected chi connectivity index (χ2v) is 2.99. The Bertz CT molecular complexity index is 279. The first-order chi connectivity index (χ1) is 5.29. The van der Waals surface area contributed by atoms with E-state index in [2.05, 4.69) is 16.3 Å². The molecule has 1 aliphatic rings. The maximum absolute atomic E-state index is 5.60. The minimum absolute atomic E-state index is 0.571. The van der Waals surface area contributed by atoms with E-state index in [1.165, 1.54) is 12.8 Å². The molecule has 1 aromatic rings. The Hall–Kier alpha value is -1.12. The van der Waals surface area contributed by atoms with Gasteiger partial charge in [0.2, 0.25) is 0 Å². The third kappa shape index (κ3) is 1.06. The molecule has 1 saturated carbocycles. The highest BCUT2D eigenvalue weighted by molar-refractivity contribution is 5.42. The van der Waals surface area contributed by atoms with E-state index in [9.17, 15) is 0 Å². The molecule has 0 saturated heterocycles. The van der Waals surface area contributed by atoms with Crippen molar-refractivity contribution in [3.05, 3.63) is 17.6 Å². The maximum atomic E-state index is 5.60. The van der Waals surface area contributed by atoms with Gasteiger partial charge in [-0.05, 0) is 19.8 Å². The summed E-state index contributed by atoms with van der Waals surface area (Å²) in [4.78, 5) is 7.88. The number of aromatic nitrogens is 2. The lowest BCUT2D eigenvalue weighted by Crippen LogP contribution is -2.00. The molecule has 0 unspecified atom stereocenters. The van der Waals surface area contributed by atoms with Crippen molar-refractivity contribution < 1.29 is 0 Å². The van der Waals surface area contributed by atoms with Gasteiger partial charge in [0, 0.05) is 11.5 Å². The summed E-state index contributed by atoms with van der Waals surface area (Å²) in [6.45, 7) is 1.97. The molecular formula is C8H10N3. The number of nitrogens with two attached hydrogens (primary N) is 1. The van der Waals surface area contributed by atoms with Crippen molar-refractivity contribution in [2.24, 2.45) is 0 Å². The lowest BCUT2D eigenvalue weighted by Gasteiger charge is -2.02. The molecule has 1 fully saturated rings. The molecule has 0 amide bonds. The Morgan fingerprint density at radius 1 is 1.45 bits per heavy atom. The predicted octanol–water partition coefficient (Wildman–Crippen LogP) is 1.04. The third-order valence-corrected chi connectivity index (χ3v) is 2.07. The molecule has 11 heavy (non-hydrogen) atoms. The van der Waals surface area contributed by atoms with Gasteiger partial charge in [0.25, 0.3) is 0 Å². The van der Waals surface area contributed by atoms with Crippen LogP contribution in [0.15, 0.2) is 0 Å². The van der Waals surface area contributed by atoms with Gasteiger partial charge in [0.1, 0.15) is 5.82 Å². The topological polar surface area (TPSA) is 51.8 Å². The van der Waals surface area contributed by atoms with Crippen LogP contribution in [-0.2, 0) is 0 Å². The minimum Gasteiger partial charge on any atom is -0.383 e. The molecule has 1 radical (unpaired) electrons. The van der Waals surface area contributed by atoms with Crippen LogP contribution in [0, 0.1) is 13.3 Å². The second-order valence-electron chi connectivity index (χ2n) is 2.99. The van der Waals surface area contributed by atoms with E-state index in [0.29, 0.717) is 11.7 Å². The standard InChI is InChI=1S/C8H10N3/c1-5-7(6-2-3-6)10-4-11-8(5)9/h6H,2-3H2,1H3,(H2,9,10,11). The van der Waals surface area contributed by atoms with Crippen LogP contribution in [0.5, 0.6) is 0 Å². The Labute approximate surface area is 65.7 Å². The van der Waals surface area contributed by atoms with Crippen molar-refractivity contribution in [3.8, 4) is 0 Å². The molecular weight excluding hydrogens is 138 g/mol. The normalized spacial score (nSPS) is 16.8. The van der Waals surface area contributed by atoms with Gasteiger partial charge in [-0.25, -0.2) is 9.97 Å². The first-order valence-electron chi connectivity index (χ1n) is 3.79. The van der Waals surface area contributed by atoms with Crippen molar-refractivity contribution >= 4 is 5.82 Å². The van der Waals surface area contributed by atoms with Crippen molar-refractivity contribution in [2.75, 3.05) is 5.73 Å². The summed E-state index contributed by atoms with van der Waals surface area (Å²) in [5.41, 5.74) is 7.73. The van der Waals surface area contributed by atoms with Crippen LogP contribution in [0.4, 0.5) is 5.82 Å². The molecule has 1 aromatic heterocycles. The van der Waals surface area contributed by atoms with Gasteiger partial charge in [0.15, 0.2) is 6.33 Å². The quantitative estimate of drug-likeness (QED) is 0.647. The summed E-state index contributed by atoms with van der Waals surface area (Å²) in [7, 11) is 0. The van der Waals surface area contributed by atoms with Gasteiger partial charge in [-0.2, -0.15) is 0 Å². The zero-order valence-electron chi connectivity index (χ0n) is 6.46. The fourth-order valence-electron chi connectivity index (χ4n) is 1.19. The average Bonchev–Trinajstić information content (AvgIpc) is 2.77. The highest BCUT2D eigenvalue weighted by atomic mass is 14.9. The smallest absolute Gasteiger partial charge is 0.200 e. The van der Waals surface area contributed by atoms with E-state index in [0.717, 1.165) is 11.3 Å². The van der Waals surface area contributed by atoms with E-state index in [1.54, 1.807) is 0 Å². The highest BCUT2D eigenvalue weighted by Crippen LogP contribution is 2.40. The highest BCUT2D eigenvalue weighted by Gasteiger charge is 2.27. The van der Waals surface area contributed by atoms with E-state index in [1.807, 2.05) is 6.92 Å². The minimum atomic E-state index is 0.571. The molecule has 1 heterocycles. The Kier molecular flexibility index (Phi) is 1.31. The molecule has 0 atom stereocenters. The summed E-state index contributed by atoms with van der Waals surface area (Å²) in [6.07, 6.45) is 5.05. The zero-order valence-corrected chi connectivity index (χ0v) is 6.46. The van der Waals surface area contributed by atoms with Crippen LogP contribution in [-0.4, -0.2) is 9.97 Å². The van der Waals surface area contributed by atoms with Crippen LogP contribution in [0.25, 0.3) is 0 Å². The van der Waals surface area contributed by atoms with Gasteiger partial charge in [-0.1, -0.05) is 0 Å². The van der Waals surface area contributed by atoms with Crippen LogP contribution < -0.4 is 5.73 Å². The van der Waals surface area contributed by atoms with Crippen molar-refractivity contribution in [2.45, 2.75) is 25.7 Å². The lowest BCUT2D eigenvalue weighted by atomic mass is 10.2. The van der Waals surface area contributed by atoms with Gasteiger partial charge >= 0.3 is 0 Å². The SMILES string of the molecule is Cc1c(N)n[c]nc1C1CC1. The Balaban J connectivity index is 2.45. The molecule has 2 N–H and O–H groups in total. The number of hydrogen-bond acceptors (Lipinski definition) is 3. The maximum Gasteiger partial charge on any atom is 0.200 e. The number of anilines is 1. The molecule has 57 valence electrons. The summed E-state index contributed by atoms with van der Waals surface area (Å²) < 4.78 is 0. The van der Waals surface area contributed by atoms with E-state index in [-0.39, 0.29) is 0 Å². The van der Waals surface area contributed by atoms with Crippen molar-refractivity contribution in [1.82, 2.24) is 9.97 Å². The van der Waals surface area contributed by atoms with Gasteiger partial charge in [0.05, 0.1) is 5.69 Å². The molecule has 0 bridgehead atoms. The fraction of sp³-hybridized carbons (Fsp3) is 0.500. The van der Waals surface area contributed by atoms with Crippen LogP contribution in [0.2, 0.25) is 0 Å². The fourth-order valence-corrected chi connectivity index (χ4v) is 1.19. The molecule has 0 spiro atoms. The van der Waals surface area contributed by atoms with Crippen molar-refractivity contribution in [3.63, 3.8) is 0 Å². The van der Waals surface area contributed by atoms with Crippen molar-refractivity contribution in [1.29, 1.82) is 0 Å². The first kappa shape index (κ1) is 6.58. The Morgan fingerprint density at radius 2 is 2.18 bits per heavy atom. The average molecular weight is 148 g/mol. The first-order valence-corrected chi connectivity index (χ1v) is 3.79. The summed E-state index contributed by atoms with van der Waals surface area (Å²) in [6, 6.07) is 0. The number of nitrogen functional groups attached to an aromatic ring is 1. The largest absolute Gasteiger partial charge is 0.383 e. The third-order valence-electron chi connectivity index (χ3n) is 2.07. The summed E-state index contributed by atoms with van der Waals surface area (Å²) in [5, 5.41) is 0. The lowest BCUT2D eigenvalue weighted by molar-refractivity contribution is 0.958. The molecule has 0 aromatic carbocycles. The van der Waals surface area contributed by atoms with E-state index >= 15 is 0 Å². The monoisotopic (exact) mass is 148 g/mol. The van der Waals surface area contributed by atoms with E-state index < -0.39 is 0 Å². The summed E-state index contributed by atoms with van der Waals surface area (Å²) >= 11 is 0. The molecule has 1 aliphatic carbocycles. The molecule has 0 aliphatic heterocycles. The predicted molar refractivity (Wildman–Crippen MR) is 42.0 cm³/mol. The van der Waals surface area contributed by atoms with Crippen LogP contribution >= 0.6 is 0 Å². The number of hydrogen-bond donors (Lipinski definition) is 1.